The van der Waals surface area contributed by atoms with Gasteiger partial charge in [0.05, 0.1) is 17.0 Å². The predicted molar refractivity (Wildman–Crippen MR) is 124 cm³/mol. The summed E-state index contributed by atoms with van der Waals surface area (Å²) in [6, 6.07) is 6.27. The third-order valence-electron chi connectivity index (χ3n) is 3.98. The summed E-state index contributed by atoms with van der Waals surface area (Å²) >= 11 is 0. The van der Waals surface area contributed by atoms with Gasteiger partial charge in [-0.3, -0.25) is 0 Å². The Labute approximate surface area is 185 Å². The van der Waals surface area contributed by atoms with Gasteiger partial charge in [0.25, 0.3) is 0 Å². The van der Waals surface area contributed by atoms with Gasteiger partial charge in [0, 0.05) is 13.1 Å². The van der Waals surface area contributed by atoms with Crippen LogP contribution in [-0.4, -0.2) is 50.6 Å². The zero-order valence-electron chi connectivity index (χ0n) is 17.3. The molecule has 1 aromatic rings. The second-order valence-electron chi connectivity index (χ2n) is 7.16. The Morgan fingerprint density at radius 1 is 1.21 bits per heavy atom. The van der Waals surface area contributed by atoms with E-state index in [0.717, 1.165) is 0 Å². The Kier molecular flexibility index (Phi) is 12.0. The number of aliphatic imine (C=N–C) groups is 1. The summed E-state index contributed by atoms with van der Waals surface area (Å²) in [5.41, 5.74) is 0. The maximum Gasteiger partial charge on any atom is 0.191 e. The van der Waals surface area contributed by atoms with E-state index in [9.17, 15) is 12.8 Å². The summed E-state index contributed by atoms with van der Waals surface area (Å²) in [6.45, 7) is 10.2. The van der Waals surface area contributed by atoms with E-state index >= 15 is 0 Å². The van der Waals surface area contributed by atoms with Crippen LogP contribution in [0.1, 0.15) is 41.0 Å². The lowest BCUT2D eigenvalue weighted by molar-refractivity contribution is 0.196. The first kappa shape index (κ1) is 26.9. The summed E-state index contributed by atoms with van der Waals surface area (Å²) in [5, 5.41) is 6.11. The third kappa shape index (κ3) is 8.93. The van der Waals surface area contributed by atoms with Crippen LogP contribution in [0.15, 0.2) is 29.3 Å². The highest BCUT2D eigenvalue weighted by Crippen LogP contribution is 2.18. The molecule has 9 heteroatoms. The average molecular weight is 529 g/mol. The fourth-order valence-corrected chi connectivity index (χ4v) is 3.10. The minimum absolute atomic E-state index is 0. The summed E-state index contributed by atoms with van der Waals surface area (Å²) in [6.07, 6.45) is 0.381. The van der Waals surface area contributed by atoms with Gasteiger partial charge < -0.3 is 15.4 Å². The molecule has 0 radical (unpaired) electrons. The second-order valence-corrected chi connectivity index (χ2v) is 10.0. The Bertz CT molecular complexity index is 721. The number of ether oxygens (including phenoxy) is 1. The van der Waals surface area contributed by atoms with Gasteiger partial charge in [-0.2, -0.15) is 0 Å². The molecule has 0 saturated carbocycles. The highest BCUT2D eigenvalue weighted by atomic mass is 127. The van der Waals surface area contributed by atoms with Crippen molar-refractivity contribution in [1.29, 1.82) is 0 Å². The first-order valence-corrected chi connectivity index (χ1v) is 10.9. The van der Waals surface area contributed by atoms with E-state index in [1.165, 1.54) is 6.07 Å². The molecule has 0 bridgehead atoms. The fraction of sp³-hybridized carbons (Fsp3) is 0.632. The van der Waals surface area contributed by atoms with E-state index in [-0.39, 0.29) is 48.1 Å². The molecule has 6 nitrogen and oxygen atoms in total. The van der Waals surface area contributed by atoms with E-state index in [1.54, 1.807) is 39.0 Å². The van der Waals surface area contributed by atoms with Crippen LogP contribution >= 0.6 is 24.0 Å². The number of benzene rings is 1. The minimum atomic E-state index is -3.20. The molecule has 0 fully saturated rings. The van der Waals surface area contributed by atoms with Crippen molar-refractivity contribution in [3.05, 3.63) is 30.1 Å². The van der Waals surface area contributed by atoms with E-state index in [1.807, 2.05) is 13.8 Å². The van der Waals surface area contributed by atoms with E-state index < -0.39 is 20.4 Å². The summed E-state index contributed by atoms with van der Waals surface area (Å²) < 4.78 is 43.0. The van der Waals surface area contributed by atoms with Crippen LogP contribution in [0.3, 0.4) is 0 Å². The zero-order valence-corrected chi connectivity index (χ0v) is 20.4. The maximum atomic E-state index is 13.7. The number of guanidine groups is 1. The quantitative estimate of drug-likeness (QED) is 0.292. The number of para-hydroxylation sites is 1. The molecule has 1 atom stereocenters. The van der Waals surface area contributed by atoms with Crippen LogP contribution in [0.2, 0.25) is 0 Å². The number of nitrogens with one attached hydrogen (secondary N) is 2. The number of hydrogen-bond donors (Lipinski definition) is 2. The molecule has 2 N–H and O–H groups in total. The van der Waals surface area contributed by atoms with Crippen molar-refractivity contribution >= 4 is 39.8 Å². The SMILES string of the molecule is CCNC(=NCC(CC)Oc1ccccc1F)NCCS(=O)(=O)C(C)(C)C.I. The number of nitrogens with zero attached hydrogens (tertiary/aromatic N) is 1. The van der Waals surface area contributed by atoms with E-state index in [2.05, 4.69) is 15.6 Å². The Morgan fingerprint density at radius 2 is 1.86 bits per heavy atom. The second kappa shape index (κ2) is 12.5. The molecule has 1 aromatic carbocycles. The van der Waals surface area contributed by atoms with Gasteiger partial charge in [0.2, 0.25) is 0 Å². The van der Waals surface area contributed by atoms with E-state index in [4.69, 9.17) is 4.74 Å². The van der Waals surface area contributed by atoms with Gasteiger partial charge in [-0.1, -0.05) is 19.1 Å². The average Bonchev–Trinajstić information content (AvgIpc) is 2.58. The standard InChI is InChI=1S/C19H32FN3O3S.HI/c1-6-15(26-17-11-9-8-10-16(17)20)14-23-18(21-7-2)22-12-13-27(24,25)19(3,4)5;/h8-11,15H,6-7,12-14H2,1-5H3,(H2,21,22,23);1H. The van der Waals surface area contributed by atoms with Crippen molar-refractivity contribution in [2.24, 2.45) is 4.99 Å². The van der Waals surface area contributed by atoms with Crippen molar-refractivity contribution in [1.82, 2.24) is 10.6 Å². The summed E-state index contributed by atoms with van der Waals surface area (Å²) in [5.74, 6) is 0.326. The molecule has 28 heavy (non-hydrogen) atoms. The summed E-state index contributed by atoms with van der Waals surface area (Å²) in [7, 11) is -3.20. The normalized spacial score (nSPS) is 13.4. The minimum Gasteiger partial charge on any atom is -0.485 e. The summed E-state index contributed by atoms with van der Waals surface area (Å²) in [4.78, 5) is 4.44. The number of hydrogen-bond acceptors (Lipinski definition) is 4. The van der Waals surface area contributed by atoms with Crippen molar-refractivity contribution in [2.75, 3.05) is 25.4 Å². The molecular formula is C19H33FIN3O3S. The first-order chi connectivity index (χ1) is 12.6. The van der Waals surface area contributed by atoms with Crippen LogP contribution in [-0.2, 0) is 9.84 Å². The molecule has 0 aromatic heterocycles. The molecule has 162 valence electrons. The molecule has 0 aliphatic rings. The number of rotatable bonds is 9. The topological polar surface area (TPSA) is 79.8 Å². The molecule has 0 heterocycles. The monoisotopic (exact) mass is 529 g/mol. The van der Waals surface area contributed by atoms with Gasteiger partial charge in [-0.15, -0.1) is 24.0 Å². The predicted octanol–water partition coefficient (Wildman–Crippen LogP) is 3.37. The van der Waals surface area contributed by atoms with Gasteiger partial charge in [-0.05, 0) is 46.2 Å². The lowest BCUT2D eigenvalue weighted by atomic mass is 10.2. The fourth-order valence-electron chi connectivity index (χ4n) is 2.11. The van der Waals surface area contributed by atoms with Crippen molar-refractivity contribution in [2.45, 2.75) is 51.9 Å². The highest BCUT2D eigenvalue weighted by molar-refractivity contribution is 14.0. The largest absolute Gasteiger partial charge is 0.485 e. The lowest BCUT2D eigenvalue weighted by Crippen LogP contribution is -2.42. The Hall–Kier alpha value is -1.10. The first-order valence-electron chi connectivity index (χ1n) is 9.26. The van der Waals surface area contributed by atoms with Crippen molar-refractivity contribution in [3.63, 3.8) is 0 Å². The highest BCUT2D eigenvalue weighted by Gasteiger charge is 2.28. The zero-order chi connectivity index (χ0) is 20.5. The third-order valence-corrected chi connectivity index (χ3v) is 6.59. The number of sulfone groups is 1. The van der Waals surface area contributed by atoms with Crippen molar-refractivity contribution in [3.8, 4) is 5.75 Å². The van der Waals surface area contributed by atoms with Crippen molar-refractivity contribution < 1.29 is 17.5 Å². The van der Waals surface area contributed by atoms with E-state index in [0.29, 0.717) is 25.5 Å². The molecule has 0 amide bonds. The molecule has 0 aliphatic carbocycles. The Balaban J connectivity index is 0.00000729. The molecule has 0 spiro atoms. The van der Waals surface area contributed by atoms with Crippen LogP contribution < -0.4 is 15.4 Å². The molecular weight excluding hydrogens is 496 g/mol. The van der Waals surface area contributed by atoms with Crippen LogP contribution in [0, 0.1) is 5.82 Å². The van der Waals surface area contributed by atoms with Gasteiger partial charge in [-0.25, -0.2) is 17.8 Å². The van der Waals surface area contributed by atoms with Crippen LogP contribution in [0.4, 0.5) is 4.39 Å². The van der Waals surface area contributed by atoms with Gasteiger partial charge >= 0.3 is 0 Å². The lowest BCUT2D eigenvalue weighted by Gasteiger charge is -2.20. The maximum absolute atomic E-state index is 13.7. The van der Waals surface area contributed by atoms with Gasteiger partial charge in [0.15, 0.2) is 27.4 Å². The smallest absolute Gasteiger partial charge is 0.191 e. The molecule has 1 rings (SSSR count). The van der Waals surface area contributed by atoms with Gasteiger partial charge in [0.1, 0.15) is 6.10 Å². The molecule has 1 unspecified atom stereocenters. The van der Waals surface area contributed by atoms with Crippen LogP contribution in [0.5, 0.6) is 5.75 Å². The number of halogens is 2. The molecule has 0 aliphatic heterocycles. The van der Waals surface area contributed by atoms with Crippen LogP contribution in [0.25, 0.3) is 0 Å². The Morgan fingerprint density at radius 3 is 2.39 bits per heavy atom. The molecule has 0 saturated heterocycles.